The molecule has 0 unspecified atom stereocenters. The third kappa shape index (κ3) is 5.63. The maximum atomic E-state index is 12.6. The van der Waals surface area contributed by atoms with Gasteiger partial charge in [-0.3, -0.25) is 0 Å². The molecule has 2 aromatic carbocycles. The van der Waals surface area contributed by atoms with E-state index in [-0.39, 0.29) is 6.03 Å². The van der Waals surface area contributed by atoms with Crippen LogP contribution >= 0.6 is 0 Å². The number of nitrogens with zero attached hydrogens (tertiary/aromatic N) is 1. The smallest absolute Gasteiger partial charge is 0.321 e. The van der Waals surface area contributed by atoms with Crippen molar-refractivity contribution in [2.45, 2.75) is 19.4 Å². The summed E-state index contributed by atoms with van der Waals surface area (Å²) in [6.45, 7) is 2.83. The van der Waals surface area contributed by atoms with Crippen LogP contribution in [0.1, 0.15) is 18.4 Å². The van der Waals surface area contributed by atoms with E-state index in [1.165, 1.54) is 5.56 Å². The van der Waals surface area contributed by atoms with E-state index in [1.54, 1.807) is 32.4 Å². The summed E-state index contributed by atoms with van der Waals surface area (Å²) in [5, 5.41) is 2.94. The van der Waals surface area contributed by atoms with Crippen LogP contribution in [0.25, 0.3) is 0 Å². The largest absolute Gasteiger partial charge is 0.497 e. The average molecular weight is 384 g/mol. The molecule has 150 valence electrons. The number of ether oxygens (including phenoxy) is 3. The van der Waals surface area contributed by atoms with Gasteiger partial charge in [-0.1, -0.05) is 30.3 Å². The van der Waals surface area contributed by atoms with Gasteiger partial charge in [0.05, 0.1) is 20.8 Å². The zero-order chi connectivity index (χ0) is 19.8. The highest BCUT2D eigenvalue weighted by molar-refractivity contribution is 5.89. The summed E-state index contributed by atoms with van der Waals surface area (Å²) in [4.78, 5) is 14.4. The highest BCUT2D eigenvalue weighted by Crippen LogP contribution is 2.26. The molecular weight excluding hydrogens is 356 g/mol. The molecule has 0 radical (unpaired) electrons. The Morgan fingerprint density at radius 3 is 2.29 bits per heavy atom. The lowest BCUT2D eigenvalue weighted by molar-refractivity contribution is 0.0640. The maximum absolute atomic E-state index is 12.6. The Balaban J connectivity index is 1.43. The van der Waals surface area contributed by atoms with Crippen LogP contribution in [0.15, 0.2) is 48.5 Å². The first-order chi connectivity index (χ1) is 13.7. The van der Waals surface area contributed by atoms with E-state index < -0.39 is 0 Å². The van der Waals surface area contributed by atoms with Gasteiger partial charge in [0.1, 0.15) is 11.5 Å². The summed E-state index contributed by atoms with van der Waals surface area (Å²) in [6.07, 6.45) is 1.90. The van der Waals surface area contributed by atoms with Crippen molar-refractivity contribution in [2.75, 3.05) is 39.2 Å². The summed E-state index contributed by atoms with van der Waals surface area (Å²) in [6, 6.07) is 15.4. The number of urea groups is 1. The fourth-order valence-electron chi connectivity index (χ4n) is 3.30. The normalized spacial score (nSPS) is 14.6. The van der Waals surface area contributed by atoms with E-state index in [0.29, 0.717) is 29.7 Å². The van der Waals surface area contributed by atoms with Crippen LogP contribution in [0.2, 0.25) is 0 Å². The molecule has 0 bridgehead atoms. The minimum atomic E-state index is -0.0982. The second-order valence-corrected chi connectivity index (χ2v) is 6.96. The van der Waals surface area contributed by atoms with Crippen LogP contribution < -0.4 is 14.8 Å². The number of carbonyl (C=O) groups is 1. The highest BCUT2D eigenvalue weighted by Gasteiger charge is 2.23. The number of likely N-dealkylation sites (tertiary alicyclic amines) is 1. The lowest BCUT2D eigenvalue weighted by Gasteiger charge is -2.32. The monoisotopic (exact) mass is 384 g/mol. The number of amides is 2. The first-order valence-electron chi connectivity index (χ1n) is 9.58. The molecular formula is C22H28N2O4. The van der Waals surface area contributed by atoms with E-state index in [0.717, 1.165) is 32.5 Å². The van der Waals surface area contributed by atoms with Crippen molar-refractivity contribution in [1.29, 1.82) is 0 Å². The second kappa shape index (κ2) is 9.99. The SMILES string of the molecule is COc1cc(NC(=O)N2CCC(COCc3ccccc3)CC2)cc(OC)c1. The molecule has 0 saturated carbocycles. The molecule has 1 fully saturated rings. The molecule has 1 aliphatic rings. The fraction of sp³-hybridized carbons (Fsp3) is 0.409. The van der Waals surface area contributed by atoms with Crippen LogP contribution in [0.3, 0.4) is 0 Å². The van der Waals surface area contributed by atoms with E-state index >= 15 is 0 Å². The second-order valence-electron chi connectivity index (χ2n) is 6.96. The van der Waals surface area contributed by atoms with Crippen LogP contribution in [0.4, 0.5) is 10.5 Å². The van der Waals surface area contributed by atoms with Crippen molar-refractivity contribution in [3.8, 4) is 11.5 Å². The van der Waals surface area contributed by atoms with Gasteiger partial charge in [-0.15, -0.1) is 0 Å². The molecule has 0 aromatic heterocycles. The third-order valence-electron chi connectivity index (χ3n) is 4.97. The number of benzene rings is 2. The van der Waals surface area contributed by atoms with Crippen molar-refractivity contribution >= 4 is 11.7 Å². The topological polar surface area (TPSA) is 60.0 Å². The van der Waals surface area contributed by atoms with Gasteiger partial charge in [0, 0.05) is 43.6 Å². The van der Waals surface area contributed by atoms with Crippen molar-refractivity contribution < 1.29 is 19.0 Å². The molecule has 0 aliphatic carbocycles. The van der Waals surface area contributed by atoms with Crippen molar-refractivity contribution in [3.63, 3.8) is 0 Å². The number of anilines is 1. The average Bonchev–Trinajstić information content (AvgIpc) is 2.74. The lowest BCUT2D eigenvalue weighted by Crippen LogP contribution is -2.41. The maximum Gasteiger partial charge on any atom is 0.321 e. The fourth-order valence-corrected chi connectivity index (χ4v) is 3.30. The molecule has 2 amide bonds. The number of nitrogens with one attached hydrogen (secondary N) is 1. The predicted octanol–water partition coefficient (Wildman–Crippen LogP) is 4.16. The molecule has 6 heteroatoms. The Labute approximate surface area is 166 Å². The molecule has 2 aromatic rings. The molecule has 1 heterocycles. The summed E-state index contributed by atoms with van der Waals surface area (Å²) < 4.78 is 16.4. The molecule has 0 spiro atoms. The minimum Gasteiger partial charge on any atom is -0.497 e. The van der Waals surface area contributed by atoms with Gasteiger partial charge in [0.25, 0.3) is 0 Å². The Morgan fingerprint density at radius 2 is 1.68 bits per heavy atom. The summed E-state index contributed by atoms with van der Waals surface area (Å²) in [5.41, 5.74) is 1.85. The molecule has 3 rings (SSSR count). The van der Waals surface area contributed by atoms with E-state index in [2.05, 4.69) is 17.4 Å². The summed E-state index contributed by atoms with van der Waals surface area (Å²) in [7, 11) is 3.18. The van der Waals surface area contributed by atoms with Crippen molar-refractivity contribution in [2.24, 2.45) is 5.92 Å². The minimum absolute atomic E-state index is 0.0982. The predicted molar refractivity (Wildman–Crippen MR) is 109 cm³/mol. The van der Waals surface area contributed by atoms with Crippen LogP contribution in [-0.2, 0) is 11.3 Å². The van der Waals surface area contributed by atoms with E-state index in [9.17, 15) is 4.79 Å². The number of carbonyl (C=O) groups excluding carboxylic acids is 1. The number of piperidine rings is 1. The Hall–Kier alpha value is -2.73. The number of hydrogen-bond donors (Lipinski definition) is 1. The van der Waals surface area contributed by atoms with Gasteiger partial charge in [0.2, 0.25) is 0 Å². The molecule has 28 heavy (non-hydrogen) atoms. The first kappa shape index (κ1) is 20.0. The number of hydrogen-bond acceptors (Lipinski definition) is 4. The standard InChI is InChI=1S/C22H28N2O4/c1-26-20-12-19(13-21(14-20)27-2)23-22(25)24-10-8-18(9-11-24)16-28-15-17-6-4-3-5-7-17/h3-7,12-14,18H,8-11,15-16H2,1-2H3,(H,23,25). The van der Waals surface area contributed by atoms with Crippen LogP contribution in [0.5, 0.6) is 11.5 Å². The van der Waals surface area contributed by atoms with Crippen molar-refractivity contribution in [3.05, 3.63) is 54.1 Å². The van der Waals surface area contributed by atoms with E-state index in [1.807, 2.05) is 23.1 Å². The quantitative estimate of drug-likeness (QED) is 0.779. The van der Waals surface area contributed by atoms with Gasteiger partial charge in [-0.25, -0.2) is 4.79 Å². The van der Waals surface area contributed by atoms with Gasteiger partial charge in [-0.2, -0.15) is 0 Å². The van der Waals surface area contributed by atoms with Crippen LogP contribution in [-0.4, -0.2) is 44.8 Å². The number of rotatable bonds is 7. The summed E-state index contributed by atoms with van der Waals surface area (Å²) in [5.74, 6) is 1.78. The Bertz CT molecular complexity index is 736. The zero-order valence-corrected chi connectivity index (χ0v) is 16.5. The zero-order valence-electron chi connectivity index (χ0n) is 16.5. The number of methoxy groups -OCH3 is 2. The molecule has 1 saturated heterocycles. The molecule has 1 aliphatic heterocycles. The molecule has 6 nitrogen and oxygen atoms in total. The molecule has 1 N–H and O–H groups in total. The van der Waals surface area contributed by atoms with Crippen LogP contribution in [0, 0.1) is 5.92 Å². The Morgan fingerprint density at radius 1 is 1.04 bits per heavy atom. The Kier molecular flexibility index (Phi) is 7.14. The highest BCUT2D eigenvalue weighted by atomic mass is 16.5. The third-order valence-corrected chi connectivity index (χ3v) is 4.97. The van der Waals surface area contributed by atoms with Gasteiger partial charge < -0.3 is 24.4 Å². The lowest BCUT2D eigenvalue weighted by atomic mass is 9.98. The first-order valence-corrected chi connectivity index (χ1v) is 9.58. The summed E-state index contributed by atoms with van der Waals surface area (Å²) >= 11 is 0. The molecule has 0 atom stereocenters. The van der Waals surface area contributed by atoms with Gasteiger partial charge in [-0.05, 0) is 24.3 Å². The van der Waals surface area contributed by atoms with E-state index in [4.69, 9.17) is 14.2 Å². The van der Waals surface area contributed by atoms with Gasteiger partial charge in [0.15, 0.2) is 0 Å². The van der Waals surface area contributed by atoms with Gasteiger partial charge >= 0.3 is 6.03 Å². The van der Waals surface area contributed by atoms with Crippen molar-refractivity contribution in [1.82, 2.24) is 4.90 Å².